The molecule has 5 nitrogen and oxygen atoms in total. The zero-order chi connectivity index (χ0) is 12.7. The van der Waals surface area contributed by atoms with Gasteiger partial charge in [0.05, 0.1) is 24.4 Å². The molecule has 0 saturated carbocycles. The average molecular weight is 270 g/mol. The fraction of sp³-hybridized carbons (Fsp3) is 0.300. The van der Waals surface area contributed by atoms with Crippen molar-refractivity contribution in [1.82, 2.24) is 10.3 Å². The Labute approximate surface area is 107 Å². The van der Waals surface area contributed by atoms with Gasteiger partial charge in [0.1, 0.15) is 0 Å². The standard InChI is InChI=1S/C10H10N2O3S2/c1-2-3-11-8(13)6-17-10-12-7(5-16-10)4-9(14)15/h1,5H,3-4,6H2,(H,11,13)(H,14,15). The summed E-state index contributed by atoms with van der Waals surface area (Å²) in [6, 6.07) is 0. The summed E-state index contributed by atoms with van der Waals surface area (Å²) in [5.41, 5.74) is 0.508. The molecule has 0 fully saturated rings. The molecule has 0 unspecified atom stereocenters. The largest absolute Gasteiger partial charge is 0.481 e. The summed E-state index contributed by atoms with van der Waals surface area (Å²) in [4.78, 5) is 25.7. The number of aliphatic carboxylic acids is 1. The molecule has 0 aliphatic carbocycles. The van der Waals surface area contributed by atoms with Gasteiger partial charge in [-0.15, -0.1) is 17.8 Å². The lowest BCUT2D eigenvalue weighted by molar-refractivity contribution is -0.136. The van der Waals surface area contributed by atoms with Crippen LogP contribution in [0.4, 0.5) is 0 Å². The van der Waals surface area contributed by atoms with Gasteiger partial charge >= 0.3 is 5.97 Å². The van der Waals surface area contributed by atoms with E-state index in [0.29, 0.717) is 10.0 Å². The third kappa shape index (κ3) is 5.38. The summed E-state index contributed by atoms with van der Waals surface area (Å²) in [7, 11) is 0. The van der Waals surface area contributed by atoms with Gasteiger partial charge in [-0.1, -0.05) is 17.7 Å². The van der Waals surface area contributed by atoms with E-state index in [4.69, 9.17) is 11.5 Å². The van der Waals surface area contributed by atoms with E-state index in [-0.39, 0.29) is 24.6 Å². The van der Waals surface area contributed by atoms with Crippen LogP contribution in [-0.2, 0) is 16.0 Å². The third-order valence-electron chi connectivity index (χ3n) is 1.58. The maximum atomic E-state index is 11.2. The highest BCUT2D eigenvalue weighted by Gasteiger charge is 2.08. The van der Waals surface area contributed by atoms with Crippen molar-refractivity contribution in [2.45, 2.75) is 10.8 Å². The average Bonchev–Trinajstić information content (AvgIpc) is 2.70. The lowest BCUT2D eigenvalue weighted by atomic mass is 10.3. The second-order valence-electron chi connectivity index (χ2n) is 2.94. The number of terminal acetylenes is 1. The van der Waals surface area contributed by atoms with Gasteiger partial charge in [-0.05, 0) is 0 Å². The number of aromatic nitrogens is 1. The lowest BCUT2D eigenvalue weighted by Crippen LogP contribution is -2.25. The van der Waals surface area contributed by atoms with Crippen molar-refractivity contribution in [1.29, 1.82) is 0 Å². The minimum Gasteiger partial charge on any atom is -0.481 e. The van der Waals surface area contributed by atoms with Crippen LogP contribution in [0.2, 0.25) is 0 Å². The fourth-order valence-corrected chi connectivity index (χ4v) is 2.59. The van der Waals surface area contributed by atoms with Gasteiger partial charge in [-0.25, -0.2) is 4.98 Å². The first kappa shape index (κ1) is 13.5. The Morgan fingerprint density at radius 2 is 2.41 bits per heavy atom. The first-order chi connectivity index (χ1) is 8.11. The van der Waals surface area contributed by atoms with E-state index >= 15 is 0 Å². The number of rotatable bonds is 6. The van der Waals surface area contributed by atoms with Gasteiger partial charge in [0, 0.05) is 5.38 Å². The van der Waals surface area contributed by atoms with Gasteiger partial charge in [0.15, 0.2) is 4.34 Å². The normalized spacial score (nSPS) is 9.59. The number of thioether (sulfide) groups is 1. The van der Waals surface area contributed by atoms with Crippen molar-refractivity contribution in [2.75, 3.05) is 12.3 Å². The van der Waals surface area contributed by atoms with Crippen molar-refractivity contribution in [3.8, 4) is 12.3 Å². The highest BCUT2D eigenvalue weighted by atomic mass is 32.2. The molecule has 7 heteroatoms. The summed E-state index contributed by atoms with van der Waals surface area (Å²) in [5.74, 6) is 1.45. The molecule has 1 aromatic rings. The van der Waals surface area contributed by atoms with Crippen molar-refractivity contribution in [3.05, 3.63) is 11.1 Å². The second-order valence-corrected chi connectivity index (χ2v) is 5.03. The predicted octanol–water partition coefficient (Wildman–Crippen LogP) is 0.612. The van der Waals surface area contributed by atoms with Gasteiger partial charge in [0.25, 0.3) is 0 Å². The maximum Gasteiger partial charge on any atom is 0.309 e. The zero-order valence-electron chi connectivity index (χ0n) is 8.80. The van der Waals surface area contributed by atoms with Crippen LogP contribution in [-0.4, -0.2) is 34.3 Å². The number of thiazole rings is 1. The molecule has 0 aliphatic rings. The molecule has 0 bridgehead atoms. The molecule has 0 atom stereocenters. The van der Waals surface area contributed by atoms with Crippen LogP contribution in [0.5, 0.6) is 0 Å². The molecule has 0 radical (unpaired) electrons. The molecular weight excluding hydrogens is 260 g/mol. The molecule has 1 amide bonds. The van der Waals surface area contributed by atoms with Crippen LogP contribution in [0, 0.1) is 12.3 Å². The van der Waals surface area contributed by atoms with Gasteiger partial charge in [-0.3, -0.25) is 9.59 Å². The Kier molecular flexibility index (Phi) is 5.52. The van der Waals surface area contributed by atoms with E-state index in [1.807, 2.05) is 0 Å². The Morgan fingerprint density at radius 3 is 3.06 bits per heavy atom. The smallest absolute Gasteiger partial charge is 0.309 e. The SMILES string of the molecule is C#CCNC(=O)CSc1nc(CC(=O)O)cs1. The molecule has 1 heterocycles. The topological polar surface area (TPSA) is 79.3 Å². The molecular formula is C10H10N2O3S2. The van der Waals surface area contributed by atoms with Crippen molar-refractivity contribution in [2.24, 2.45) is 0 Å². The number of carbonyl (C=O) groups is 2. The first-order valence-electron chi connectivity index (χ1n) is 4.61. The minimum atomic E-state index is -0.918. The molecule has 0 saturated heterocycles. The molecule has 1 rings (SSSR count). The van der Waals surface area contributed by atoms with Crippen LogP contribution >= 0.6 is 23.1 Å². The van der Waals surface area contributed by atoms with E-state index in [1.54, 1.807) is 5.38 Å². The van der Waals surface area contributed by atoms with E-state index in [1.165, 1.54) is 23.1 Å². The van der Waals surface area contributed by atoms with E-state index in [0.717, 1.165) is 0 Å². The van der Waals surface area contributed by atoms with Crippen LogP contribution in [0.15, 0.2) is 9.72 Å². The third-order valence-corrected chi connectivity index (χ3v) is 3.65. The van der Waals surface area contributed by atoms with Crippen LogP contribution in [0.3, 0.4) is 0 Å². The summed E-state index contributed by atoms with van der Waals surface area (Å²) >= 11 is 2.59. The summed E-state index contributed by atoms with van der Waals surface area (Å²) < 4.78 is 0.678. The number of nitrogens with one attached hydrogen (secondary N) is 1. The first-order valence-corrected chi connectivity index (χ1v) is 6.47. The van der Waals surface area contributed by atoms with Crippen molar-refractivity contribution >= 4 is 35.0 Å². The minimum absolute atomic E-state index is 0.0969. The Hall–Kier alpha value is -1.52. The number of carboxylic acid groups (broad SMARTS) is 1. The molecule has 0 aliphatic heterocycles. The van der Waals surface area contributed by atoms with E-state index in [9.17, 15) is 9.59 Å². The van der Waals surface area contributed by atoms with Crippen LogP contribution in [0.25, 0.3) is 0 Å². The summed E-state index contributed by atoms with van der Waals surface area (Å²) in [6.07, 6.45) is 4.90. The molecule has 2 N–H and O–H groups in total. The number of carboxylic acids is 1. The lowest BCUT2D eigenvalue weighted by Gasteiger charge is -1.98. The molecule has 0 aromatic carbocycles. The number of nitrogens with zero attached hydrogens (tertiary/aromatic N) is 1. The predicted molar refractivity (Wildman–Crippen MR) is 66.0 cm³/mol. The molecule has 1 aromatic heterocycles. The maximum absolute atomic E-state index is 11.2. The molecule has 0 spiro atoms. The van der Waals surface area contributed by atoms with Gasteiger partial charge in [-0.2, -0.15) is 0 Å². The van der Waals surface area contributed by atoms with E-state index < -0.39 is 5.97 Å². The number of hydrogen-bond donors (Lipinski definition) is 2. The second kappa shape index (κ2) is 6.93. The highest BCUT2D eigenvalue weighted by molar-refractivity contribution is 8.01. The quantitative estimate of drug-likeness (QED) is 0.585. The fourth-order valence-electron chi connectivity index (χ4n) is 0.919. The van der Waals surface area contributed by atoms with Crippen LogP contribution < -0.4 is 5.32 Å². The summed E-state index contributed by atoms with van der Waals surface area (Å²) in [6.45, 7) is 0.210. The van der Waals surface area contributed by atoms with Gasteiger partial charge < -0.3 is 10.4 Å². The Morgan fingerprint density at radius 1 is 1.65 bits per heavy atom. The Bertz CT molecular complexity index is 451. The van der Waals surface area contributed by atoms with E-state index in [2.05, 4.69) is 16.2 Å². The highest BCUT2D eigenvalue weighted by Crippen LogP contribution is 2.22. The van der Waals surface area contributed by atoms with Crippen molar-refractivity contribution in [3.63, 3.8) is 0 Å². The Balaban J connectivity index is 2.37. The number of hydrogen-bond acceptors (Lipinski definition) is 5. The van der Waals surface area contributed by atoms with Gasteiger partial charge in [0.2, 0.25) is 5.91 Å². The summed E-state index contributed by atoms with van der Waals surface area (Å²) in [5, 5.41) is 12.8. The molecule has 17 heavy (non-hydrogen) atoms. The number of carbonyl (C=O) groups excluding carboxylic acids is 1. The number of amides is 1. The molecule has 90 valence electrons. The van der Waals surface area contributed by atoms with Crippen molar-refractivity contribution < 1.29 is 14.7 Å². The monoisotopic (exact) mass is 270 g/mol. The zero-order valence-corrected chi connectivity index (χ0v) is 10.4. The van der Waals surface area contributed by atoms with Crippen LogP contribution in [0.1, 0.15) is 5.69 Å².